The van der Waals surface area contributed by atoms with E-state index in [0.717, 1.165) is 11.1 Å². The molecule has 4 rings (SSSR count). The second kappa shape index (κ2) is 6.65. The molecular formula is C20H22ClF2N5. The molecule has 0 N–H and O–H groups in total. The molecule has 3 aromatic rings. The number of halogens is 3. The summed E-state index contributed by atoms with van der Waals surface area (Å²) < 4.78 is 29.6. The Morgan fingerprint density at radius 1 is 1.21 bits per heavy atom. The summed E-state index contributed by atoms with van der Waals surface area (Å²) in [5, 5.41) is 1.34. The van der Waals surface area contributed by atoms with E-state index in [9.17, 15) is 8.78 Å². The van der Waals surface area contributed by atoms with Gasteiger partial charge < -0.3 is 9.47 Å². The molecule has 0 unspecified atom stereocenters. The highest BCUT2D eigenvalue weighted by Gasteiger charge is 2.40. The van der Waals surface area contributed by atoms with E-state index in [-0.39, 0.29) is 24.9 Å². The number of pyridine rings is 1. The van der Waals surface area contributed by atoms with Crippen molar-refractivity contribution >= 4 is 28.5 Å². The molecule has 0 aliphatic carbocycles. The predicted octanol–water partition coefficient (Wildman–Crippen LogP) is 4.67. The monoisotopic (exact) mass is 405 g/mol. The number of hydrogen-bond acceptors (Lipinski definition) is 4. The van der Waals surface area contributed by atoms with Gasteiger partial charge in [-0.25, -0.2) is 18.7 Å². The number of hydrogen-bond donors (Lipinski definition) is 0. The Morgan fingerprint density at radius 3 is 2.64 bits per heavy atom. The first-order valence-electron chi connectivity index (χ1n) is 9.24. The lowest BCUT2D eigenvalue weighted by molar-refractivity contribution is 0.0257. The molecule has 0 radical (unpaired) electrons. The fraction of sp³-hybridized carbons (Fsp3) is 0.450. The fourth-order valence-electron chi connectivity index (χ4n) is 3.37. The average molecular weight is 406 g/mol. The number of aromatic nitrogens is 4. The minimum atomic E-state index is -2.69. The SMILES string of the molecule is CC(C)(C)c1nc(N2CCC(F)(F)C2)c2ccn(Cc3ncccc3Cl)c2n1. The summed E-state index contributed by atoms with van der Waals surface area (Å²) in [6.07, 6.45) is 3.42. The summed E-state index contributed by atoms with van der Waals surface area (Å²) in [4.78, 5) is 15.5. The van der Waals surface area contributed by atoms with Gasteiger partial charge in [-0.15, -0.1) is 0 Å². The van der Waals surface area contributed by atoms with Crippen LogP contribution in [0.4, 0.5) is 14.6 Å². The Labute approximate surface area is 167 Å². The number of anilines is 1. The fourth-order valence-corrected chi connectivity index (χ4v) is 3.55. The molecular weight excluding hydrogens is 384 g/mol. The van der Waals surface area contributed by atoms with Gasteiger partial charge in [0, 0.05) is 30.8 Å². The minimum Gasteiger partial charge on any atom is -0.350 e. The molecule has 3 aromatic heterocycles. The maximum absolute atomic E-state index is 13.8. The third-order valence-corrected chi connectivity index (χ3v) is 5.24. The van der Waals surface area contributed by atoms with Gasteiger partial charge in [-0.1, -0.05) is 32.4 Å². The molecule has 0 spiro atoms. The molecule has 0 bridgehead atoms. The van der Waals surface area contributed by atoms with E-state index in [1.165, 1.54) is 0 Å². The number of nitrogens with zero attached hydrogens (tertiary/aromatic N) is 5. The predicted molar refractivity (Wildman–Crippen MR) is 106 cm³/mol. The summed E-state index contributed by atoms with van der Waals surface area (Å²) in [7, 11) is 0. The van der Waals surface area contributed by atoms with Crippen LogP contribution in [0.25, 0.3) is 11.0 Å². The smallest absolute Gasteiger partial charge is 0.266 e. The van der Waals surface area contributed by atoms with E-state index in [2.05, 4.69) is 9.97 Å². The molecule has 1 aliphatic heterocycles. The van der Waals surface area contributed by atoms with Crippen molar-refractivity contribution < 1.29 is 8.78 Å². The van der Waals surface area contributed by atoms with E-state index in [1.54, 1.807) is 23.2 Å². The zero-order valence-corrected chi connectivity index (χ0v) is 16.8. The summed E-state index contributed by atoms with van der Waals surface area (Å²) in [5.74, 6) is -1.50. The van der Waals surface area contributed by atoms with Crippen molar-refractivity contribution in [3.8, 4) is 0 Å². The highest BCUT2D eigenvalue weighted by Crippen LogP contribution is 2.35. The summed E-state index contributed by atoms with van der Waals surface area (Å²) in [6, 6.07) is 5.46. The lowest BCUT2D eigenvalue weighted by atomic mass is 9.95. The van der Waals surface area contributed by atoms with Crippen molar-refractivity contribution in [3.05, 3.63) is 47.1 Å². The van der Waals surface area contributed by atoms with Gasteiger partial charge in [-0.05, 0) is 18.2 Å². The second-order valence-electron chi connectivity index (χ2n) is 8.26. The van der Waals surface area contributed by atoms with Crippen LogP contribution in [0, 0.1) is 0 Å². The van der Waals surface area contributed by atoms with Crippen molar-refractivity contribution in [2.75, 3.05) is 18.0 Å². The molecule has 4 heterocycles. The van der Waals surface area contributed by atoms with Gasteiger partial charge >= 0.3 is 0 Å². The van der Waals surface area contributed by atoms with Gasteiger partial charge in [0.15, 0.2) is 0 Å². The molecule has 0 amide bonds. The summed E-state index contributed by atoms with van der Waals surface area (Å²) in [5.41, 5.74) is 1.11. The Bertz CT molecular complexity index is 1030. The van der Waals surface area contributed by atoms with Crippen LogP contribution in [0.3, 0.4) is 0 Å². The van der Waals surface area contributed by atoms with E-state index in [4.69, 9.17) is 16.6 Å². The summed E-state index contributed by atoms with van der Waals surface area (Å²) in [6.45, 7) is 6.44. The van der Waals surface area contributed by atoms with Crippen LogP contribution in [-0.2, 0) is 12.0 Å². The molecule has 148 valence electrons. The summed E-state index contributed by atoms with van der Waals surface area (Å²) >= 11 is 6.26. The zero-order valence-electron chi connectivity index (χ0n) is 16.1. The van der Waals surface area contributed by atoms with Gasteiger partial charge in [-0.2, -0.15) is 0 Å². The second-order valence-corrected chi connectivity index (χ2v) is 8.67. The first-order valence-corrected chi connectivity index (χ1v) is 9.61. The maximum Gasteiger partial charge on any atom is 0.266 e. The standard InChI is InChI=1S/C20H22ClF2N5/c1-19(2,3)18-25-16-13(17(26-18)28-10-7-20(22,23)12-28)6-9-27(16)11-15-14(21)5-4-8-24-15/h4-6,8-9H,7,10-12H2,1-3H3. The zero-order chi connectivity index (χ0) is 20.1. The topological polar surface area (TPSA) is 46.8 Å². The molecule has 5 nitrogen and oxygen atoms in total. The highest BCUT2D eigenvalue weighted by atomic mass is 35.5. The Balaban J connectivity index is 1.84. The minimum absolute atomic E-state index is 0.159. The van der Waals surface area contributed by atoms with E-state index < -0.39 is 5.92 Å². The normalized spacial score (nSPS) is 16.9. The van der Waals surface area contributed by atoms with Crippen LogP contribution in [0.1, 0.15) is 38.7 Å². The van der Waals surface area contributed by atoms with Crippen molar-refractivity contribution in [2.24, 2.45) is 0 Å². The Hall–Kier alpha value is -2.28. The molecule has 8 heteroatoms. The molecule has 0 atom stereocenters. The third-order valence-electron chi connectivity index (χ3n) is 4.89. The van der Waals surface area contributed by atoms with Gasteiger partial charge in [0.25, 0.3) is 5.92 Å². The Morgan fingerprint density at radius 2 is 2.00 bits per heavy atom. The molecule has 1 aliphatic rings. The lowest BCUT2D eigenvalue weighted by Gasteiger charge is -2.23. The van der Waals surface area contributed by atoms with Crippen molar-refractivity contribution in [1.82, 2.24) is 19.5 Å². The van der Waals surface area contributed by atoms with Crippen LogP contribution in [0.2, 0.25) is 5.02 Å². The van der Waals surface area contributed by atoms with Crippen LogP contribution in [0.15, 0.2) is 30.6 Å². The lowest BCUT2D eigenvalue weighted by Crippen LogP contribution is -2.27. The molecule has 1 fully saturated rings. The average Bonchev–Trinajstić information content (AvgIpc) is 3.18. The van der Waals surface area contributed by atoms with E-state index in [0.29, 0.717) is 28.9 Å². The van der Waals surface area contributed by atoms with Crippen LogP contribution in [0.5, 0.6) is 0 Å². The van der Waals surface area contributed by atoms with Crippen LogP contribution in [-0.4, -0.2) is 38.5 Å². The first-order chi connectivity index (χ1) is 13.1. The first kappa shape index (κ1) is 19.1. The van der Waals surface area contributed by atoms with Crippen molar-refractivity contribution in [1.29, 1.82) is 0 Å². The molecule has 1 saturated heterocycles. The number of fused-ring (bicyclic) bond motifs is 1. The van der Waals surface area contributed by atoms with E-state index >= 15 is 0 Å². The van der Waals surface area contributed by atoms with E-state index in [1.807, 2.05) is 37.6 Å². The van der Waals surface area contributed by atoms with Gasteiger partial charge in [-0.3, -0.25) is 4.98 Å². The van der Waals surface area contributed by atoms with Gasteiger partial charge in [0.1, 0.15) is 17.3 Å². The highest BCUT2D eigenvalue weighted by molar-refractivity contribution is 6.31. The number of rotatable bonds is 3. The van der Waals surface area contributed by atoms with Crippen LogP contribution < -0.4 is 4.90 Å². The Kier molecular flexibility index (Phi) is 4.53. The van der Waals surface area contributed by atoms with Crippen LogP contribution >= 0.6 is 11.6 Å². The molecule has 28 heavy (non-hydrogen) atoms. The van der Waals surface area contributed by atoms with Gasteiger partial charge in [0.05, 0.1) is 29.2 Å². The quantitative estimate of drug-likeness (QED) is 0.635. The van der Waals surface area contributed by atoms with Crippen molar-refractivity contribution in [3.63, 3.8) is 0 Å². The number of alkyl halides is 2. The van der Waals surface area contributed by atoms with Crippen molar-refractivity contribution in [2.45, 2.75) is 45.1 Å². The largest absolute Gasteiger partial charge is 0.350 e. The molecule has 0 aromatic carbocycles. The maximum atomic E-state index is 13.8. The molecule has 0 saturated carbocycles. The third kappa shape index (κ3) is 3.55. The van der Waals surface area contributed by atoms with Gasteiger partial charge in [0.2, 0.25) is 0 Å².